The van der Waals surface area contributed by atoms with E-state index in [0.29, 0.717) is 39.6 Å². The van der Waals surface area contributed by atoms with Gasteiger partial charge in [-0.25, -0.2) is 4.98 Å². The average molecular weight is 741 g/mol. The molecule has 0 aliphatic carbocycles. The minimum atomic E-state index is -3.50. The van der Waals surface area contributed by atoms with Gasteiger partial charge >= 0.3 is 6.01 Å². The largest absolute Gasteiger partial charge is 0.503 e. The molecule has 0 saturated carbocycles. The van der Waals surface area contributed by atoms with Crippen LogP contribution < -0.4 is 9.15 Å². The highest BCUT2D eigenvalue weighted by Crippen LogP contribution is 2.44. The lowest BCUT2D eigenvalue weighted by molar-refractivity contribution is 0.0428. The van der Waals surface area contributed by atoms with Crippen LogP contribution in [0.25, 0.3) is 27.6 Å². The number of rotatable bonds is 5. The fourth-order valence-corrected chi connectivity index (χ4v) is 7.14. The van der Waals surface area contributed by atoms with Gasteiger partial charge in [0, 0.05) is 89.2 Å². The summed E-state index contributed by atoms with van der Waals surface area (Å²) >= 11 is 0. The number of halogens is 2. The molecule has 4 aromatic carbocycles. The summed E-state index contributed by atoms with van der Waals surface area (Å²) in [5, 5.41) is 1.55. The second-order valence-corrected chi connectivity index (χ2v) is 16.3. The zero-order chi connectivity index (χ0) is 46.6. The van der Waals surface area contributed by atoms with Crippen LogP contribution in [0.3, 0.4) is 0 Å². The first-order valence-electron chi connectivity index (χ1n) is 22.6. The number of para-hydroxylation sites is 2. The van der Waals surface area contributed by atoms with Gasteiger partial charge in [-0.3, -0.25) is 9.55 Å². The van der Waals surface area contributed by atoms with Gasteiger partial charge < -0.3 is 0 Å². The van der Waals surface area contributed by atoms with E-state index in [1.165, 1.54) is 48.5 Å². The summed E-state index contributed by atoms with van der Waals surface area (Å²) < 4.78 is 114. The maximum atomic E-state index is 17.5. The van der Waals surface area contributed by atoms with Crippen molar-refractivity contribution in [1.82, 2.24) is 23.7 Å². The predicted octanol–water partition coefficient (Wildman–Crippen LogP) is 12.5. The summed E-state index contributed by atoms with van der Waals surface area (Å²) in [6.07, 6.45) is 5.14. The van der Waals surface area contributed by atoms with Crippen molar-refractivity contribution in [2.24, 2.45) is 0 Å². The van der Waals surface area contributed by atoms with E-state index in [4.69, 9.17) is 17.3 Å². The lowest BCUT2D eigenvalue weighted by Gasteiger charge is -2.23. The van der Waals surface area contributed by atoms with Gasteiger partial charge in [-0.1, -0.05) is 98.5 Å². The highest BCUT2D eigenvalue weighted by molar-refractivity contribution is 6.09. The van der Waals surface area contributed by atoms with Gasteiger partial charge in [0.25, 0.3) is 17.3 Å². The molecule has 7 aromatic rings. The van der Waals surface area contributed by atoms with E-state index in [0.717, 1.165) is 21.9 Å². The van der Waals surface area contributed by atoms with Gasteiger partial charge in [0.05, 0.1) is 11.0 Å². The molecule has 4 heterocycles. The third-order valence-electron chi connectivity index (χ3n) is 10.3. The minimum Gasteiger partial charge on any atom is -0.294 e. The van der Waals surface area contributed by atoms with Gasteiger partial charge in [0.1, 0.15) is 5.82 Å². The van der Waals surface area contributed by atoms with Crippen molar-refractivity contribution in [2.45, 2.75) is 84.3 Å². The van der Waals surface area contributed by atoms with Crippen LogP contribution in [0.4, 0.5) is 31.5 Å². The first kappa shape index (κ1) is 26.9. The smallest absolute Gasteiger partial charge is 0.294 e. The second-order valence-electron chi connectivity index (χ2n) is 16.3. The van der Waals surface area contributed by atoms with Crippen LogP contribution in [0.15, 0.2) is 122 Å². The van der Waals surface area contributed by atoms with E-state index in [2.05, 4.69) is 31.8 Å². The summed E-state index contributed by atoms with van der Waals surface area (Å²) in [7, 11) is 0. The maximum absolute atomic E-state index is 17.5. The maximum Gasteiger partial charge on any atom is 0.503 e. The minimum absolute atomic E-state index is 0.185. The van der Waals surface area contributed by atoms with Crippen LogP contribution in [0.1, 0.15) is 102 Å². The summed E-state index contributed by atoms with van der Waals surface area (Å²) in [5.74, 6) is -2.90. The monoisotopic (exact) mass is 740 g/mol. The van der Waals surface area contributed by atoms with Crippen LogP contribution in [-0.2, 0) is 22.2 Å². The molecule has 0 fully saturated rings. The molecule has 3 aromatic heterocycles. The number of hydrogen-bond donors (Lipinski definition) is 0. The van der Waals surface area contributed by atoms with E-state index in [1.54, 1.807) is 52.0 Å². The Morgan fingerprint density at radius 3 is 1.91 bits per heavy atom. The highest BCUT2D eigenvalue weighted by Gasteiger charge is 2.41. The van der Waals surface area contributed by atoms with Crippen molar-refractivity contribution >= 4 is 50.6 Å². The average Bonchev–Trinajstić information content (AvgIpc) is 3.75. The highest BCUT2D eigenvalue weighted by atomic mass is 19.3. The molecule has 1 aliphatic heterocycles. The standard InChI is InChI=1S/C48H47F2N5/c1-45(2,3)31-14-17-36(18-15-31)53-30-54(42-13-11-10-12-41(42)53)37-25-34(47(7,8)9)24-35(26-37)48(49,50)33-16-19-38-39-29-51-22-21-40(39)55(43(38)27-33)44-28-32(20-23-52-44)46(4,5)6/h10-29H,1-9H3/q+2/i1D3,2D3,3D3. The Labute approximate surface area is 334 Å². The normalized spacial score (nSPS) is 16.8. The Morgan fingerprint density at radius 1 is 0.582 bits per heavy atom. The third-order valence-corrected chi connectivity index (χ3v) is 10.3. The molecule has 0 atom stereocenters. The van der Waals surface area contributed by atoms with Gasteiger partial charge in [-0.15, -0.1) is 0 Å². The fraction of sp³-hybridized carbons (Fsp3) is 0.271. The van der Waals surface area contributed by atoms with Crippen molar-refractivity contribution in [3.63, 3.8) is 0 Å². The van der Waals surface area contributed by atoms with Crippen LogP contribution in [0.5, 0.6) is 0 Å². The van der Waals surface area contributed by atoms with Crippen molar-refractivity contribution in [3.05, 3.63) is 150 Å². The number of benzene rings is 4. The van der Waals surface area contributed by atoms with Gasteiger partial charge in [0.15, 0.2) is 0 Å². The van der Waals surface area contributed by atoms with Crippen molar-refractivity contribution in [1.29, 1.82) is 0 Å². The number of aromatic nitrogens is 3. The number of alkyl halides is 2. The third kappa shape index (κ3) is 6.36. The molecule has 0 spiro atoms. The van der Waals surface area contributed by atoms with Crippen LogP contribution in [0, 0.1) is 0 Å². The second kappa shape index (κ2) is 12.6. The van der Waals surface area contributed by atoms with Crippen LogP contribution in [-0.4, -0.2) is 20.5 Å². The molecule has 276 valence electrons. The Hall–Kier alpha value is -5.78. The van der Waals surface area contributed by atoms with Crippen molar-refractivity contribution in [2.75, 3.05) is 0 Å². The molecule has 0 amide bonds. The zero-order valence-electron chi connectivity index (χ0n) is 40.5. The first-order valence-corrected chi connectivity index (χ1v) is 18.1. The Morgan fingerprint density at radius 2 is 1.24 bits per heavy atom. The molecule has 1 aliphatic rings. The molecule has 0 N–H and O–H groups in total. The Kier molecular flexibility index (Phi) is 6.18. The molecule has 0 radical (unpaired) electrons. The molecule has 0 saturated heterocycles. The quantitative estimate of drug-likeness (QED) is 0.165. The van der Waals surface area contributed by atoms with Gasteiger partial charge in [-0.05, 0) is 72.4 Å². The van der Waals surface area contributed by atoms with Crippen LogP contribution >= 0.6 is 0 Å². The molecule has 8 rings (SSSR count). The molecule has 5 nitrogen and oxygen atoms in total. The molecule has 0 bridgehead atoms. The van der Waals surface area contributed by atoms with Gasteiger partial charge in [0.2, 0.25) is 11.4 Å². The van der Waals surface area contributed by atoms with E-state index in [9.17, 15) is 0 Å². The van der Waals surface area contributed by atoms with E-state index >= 15 is 8.78 Å². The number of pyridine rings is 2. The first-order chi connectivity index (χ1) is 29.7. The Bertz CT molecular complexity index is 3020. The molecule has 55 heavy (non-hydrogen) atoms. The molecule has 7 heteroatoms. The van der Waals surface area contributed by atoms with Gasteiger partial charge in [-0.2, -0.15) is 8.78 Å². The molecular formula is C48H47F2N5+2. The molecule has 0 unspecified atom stereocenters. The summed E-state index contributed by atoms with van der Waals surface area (Å²) in [5.41, 5.74) is 0.210. The van der Waals surface area contributed by atoms with Crippen molar-refractivity contribution in [3.8, 4) is 5.82 Å². The fourth-order valence-electron chi connectivity index (χ4n) is 7.14. The van der Waals surface area contributed by atoms with E-state index < -0.39 is 42.9 Å². The predicted molar refractivity (Wildman–Crippen MR) is 223 cm³/mol. The van der Waals surface area contributed by atoms with Crippen molar-refractivity contribution < 1.29 is 21.1 Å². The summed E-state index contributed by atoms with van der Waals surface area (Å²) in [4.78, 5) is 9.05. The number of nitrogens with zero attached hydrogens (tertiary/aromatic N) is 5. The van der Waals surface area contributed by atoms with Crippen LogP contribution in [0.2, 0.25) is 0 Å². The van der Waals surface area contributed by atoms with E-state index in [1.807, 2.05) is 55.7 Å². The summed E-state index contributed by atoms with van der Waals surface area (Å²) in [6.45, 7) is 1.89. The lowest BCUT2D eigenvalue weighted by Crippen LogP contribution is -2.19. The number of hydrogen-bond acceptors (Lipinski definition) is 2. The lowest BCUT2D eigenvalue weighted by atomic mass is 9.84. The summed E-state index contributed by atoms with van der Waals surface area (Å²) in [6, 6.07) is 31.1. The van der Waals surface area contributed by atoms with E-state index in [-0.39, 0.29) is 16.5 Å². The number of fused-ring (bicyclic) bond motifs is 4. The topological polar surface area (TPSA) is 36.7 Å². The Balaban J connectivity index is 1.29. The molecular weight excluding hydrogens is 685 g/mol. The zero-order valence-corrected chi connectivity index (χ0v) is 31.5. The SMILES string of the molecule is [2H]C([2H])([2H])C(c1ccc([N+]2=C=[N+](c3cc(C(C)(C)C)cc(C(F)(F)c4ccc5c6cnccc6n(-c6cc(C(C)(C)C)ccn6)c5c4)c3)c3ccccc32)cc1)(C([2H])([2H])[2H])C([2H])([2H])[2H].